The van der Waals surface area contributed by atoms with E-state index < -0.39 is 0 Å². The molecule has 0 amide bonds. The van der Waals surface area contributed by atoms with Gasteiger partial charge in [-0.15, -0.1) is 0 Å². The number of furan rings is 1. The van der Waals surface area contributed by atoms with Gasteiger partial charge in [-0.05, 0) is 43.5 Å². The topological polar surface area (TPSA) is 30.2 Å². The van der Waals surface area contributed by atoms with Crippen LogP contribution >= 0.6 is 0 Å². The molecule has 2 aromatic rings. The van der Waals surface area contributed by atoms with Crippen LogP contribution in [-0.2, 0) is 0 Å². The van der Waals surface area contributed by atoms with Gasteiger partial charge < -0.3 is 4.42 Å². The van der Waals surface area contributed by atoms with Crippen LogP contribution in [0.5, 0.6) is 0 Å². The van der Waals surface area contributed by atoms with Crippen molar-refractivity contribution in [1.29, 1.82) is 0 Å². The molecule has 0 spiro atoms. The van der Waals surface area contributed by atoms with Crippen molar-refractivity contribution in [2.24, 2.45) is 0 Å². The minimum atomic E-state index is 0.141. The van der Waals surface area contributed by atoms with Gasteiger partial charge in [-0.25, -0.2) is 0 Å². The fourth-order valence-corrected chi connectivity index (χ4v) is 2.37. The molecule has 1 aromatic carbocycles. The summed E-state index contributed by atoms with van der Waals surface area (Å²) in [6, 6.07) is 1.93. The van der Waals surface area contributed by atoms with E-state index in [0.29, 0.717) is 6.42 Å². The lowest BCUT2D eigenvalue weighted by atomic mass is 9.91. The lowest BCUT2D eigenvalue weighted by molar-refractivity contribution is 0.0988. The fourth-order valence-electron chi connectivity index (χ4n) is 2.37. The van der Waals surface area contributed by atoms with Gasteiger partial charge in [-0.3, -0.25) is 4.79 Å². The van der Waals surface area contributed by atoms with E-state index in [0.717, 1.165) is 33.2 Å². The molecular formula is C16H18O2. The molecule has 0 aliphatic rings. The van der Waals surface area contributed by atoms with Gasteiger partial charge in [0.15, 0.2) is 5.78 Å². The zero-order chi connectivity index (χ0) is 13.3. The van der Waals surface area contributed by atoms with Crippen LogP contribution < -0.4 is 0 Å². The van der Waals surface area contributed by atoms with Gasteiger partial charge in [0, 0.05) is 11.8 Å². The molecule has 2 heteroatoms. The van der Waals surface area contributed by atoms with Crippen LogP contribution in [0, 0.1) is 13.8 Å². The molecule has 18 heavy (non-hydrogen) atoms. The summed E-state index contributed by atoms with van der Waals surface area (Å²) >= 11 is 0. The molecule has 94 valence electrons. The van der Waals surface area contributed by atoms with E-state index in [4.69, 9.17) is 4.42 Å². The summed E-state index contributed by atoms with van der Waals surface area (Å²) in [7, 11) is 0. The third kappa shape index (κ3) is 1.78. The quantitative estimate of drug-likeness (QED) is 0.732. The molecule has 0 atom stereocenters. The van der Waals surface area contributed by atoms with Crippen LogP contribution in [0.4, 0.5) is 0 Å². The third-order valence-electron chi connectivity index (χ3n) is 3.46. The van der Waals surface area contributed by atoms with E-state index >= 15 is 0 Å². The van der Waals surface area contributed by atoms with Gasteiger partial charge >= 0.3 is 0 Å². The number of hydrogen-bond acceptors (Lipinski definition) is 2. The highest BCUT2D eigenvalue weighted by molar-refractivity contribution is 6.09. The molecule has 2 nitrogen and oxygen atoms in total. The van der Waals surface area contributed by atoms with Gasteiger partial charge in [0.25, 0.3) is 0 Å². The molecular weight excluding hydrogens is 224 g/mol. The molecule has 1 aromatic heterocycles. The van der Waals surface area contributed by atoms with Crippen molar-refractivity contribution < 1.29 is 9.21 Å². The Kier molecular flexibility index (Phi) is 3.37. The van der Waals surface area contributed by atoms with Crippen molar-refractivity contribution in [2.45, 2.75) is 34.1 Å². The first kappa shape index (κ1) is 12.6. The normalized spacial score (nSPS) is 11.6. The van der Waals surface area contributed by atoms with Crippen molar-refractivity contribution in [2.75, 3.05) is 0 Å². The van der Waals surface area contributed by atoms with Crippen molar-refractivity contribution in [3.8, 4) is 0 Å². The number of hydrogen-bond donors (Lipinski definition) is 0. The highest BCUT2D eigenvalue weighted by Gasteiger charge is 2.19. The molecule has 0 saturated carbocycles. The number of carbonyl (C=O) groups is 1. The second-order valence-corrected chi connectivity index (χ2v) is 4.48. The average Bonchev–Trinajstić information content (AvgIpc) is 2.83. The van der Waals surface area contributed by atoms with Gasteiger partial charge in [-0.1, -0.05) is 19.1 Å². The molecule has 0 aliphatic heterocycles. The van der Waals surface area contributed by atoms with Crippen LogP contribution in [0.1, 0.15) is 47.3 Å². The van der Waals surface area contributed by atoms with E-state index in [1.54, 1.807) is 6.26 Å². The molecule has 0 fully saturated rings. The van der Waals surface area contributed by atoms with Crippen molar-refractivity contribution in [3.05, 3.63) is 40.7 Å². The largest absolute Gasteiger partial charge is 0.464 e. The number of carbonyl (C=O) groups excluding carboxylic acids is 1. The number of allylic oxidation sites excluding steroid dienone is 1. The lowest BCUT2D eigenvalue weighted by Gasteiger charge is -2.12. The maximum Gasteiger partial charge on any atom is 0.166 e. The van der Waals surface area contributed by atoms with Gasteiger partial charge in [0.2, 0.25) is 0 Å². The minimum absolute atomic E-state index is 0.141. The van der Waals surface area contributed by atoms with Crippen LogP contribution in [-0.4, -0.2) is 5.78 Å². The molecule has 0 unspecified atom stereocenters. The Morgan fingerprint density at radius 3 is 2.67 bits per heavy atom. The summed E-state index contributed by atoms with van der Waals surface area (Å²) in [6.45, 7) is 7.92. The molecule has 2 rings (SSSR count). The first-order chi connectivity index (χ1) is 8.61. The van der Waals surface area contributed by atoms with Crippen molar-refractivity contribution in [3.63, 3.8) is 0 Å². The van der Waals surface area contributed by atoms with E-state index in [1.807, 2.05) is 32.9 Å². The Balaban J connectivity index is 2.90. The molecule has 1 heterocycles. The van der Waals surface area contributed by atoms with Crippen molar-refractivity contribution >= 4 is 22.8 Å². The zero-order valence-corrected chi connectivity index (χ0v) is 11.3. The Bertz CT molecular complexity index is 630. The summed E-state index contributed by atoms with van der Waals surface area (Å²) in [5.41, 5.74) is 4.78. The number of fused-ring (bicyclic) bond motifs is 1. The fraction of sp³-hybridized carbons (Fsp3) is 0.312. The summed E-state index contributed by atoms with van der Waals surface area (Å²) in [5.74, 6) is 0.141. The summed E-state index contributed by atoms with van der Waals surface area (Å²) in [6.07, 6.45) is 6.23. The van der Waals surface area contributed by atoms with Crippen LogP contribution in [0.25, 0.3) is 17.0 Å². The Hall–Kier alpha value is -1.83. The van der Waals surface area contributed by atoms with Gasteiger partial charge in [-0.2, -0.15) is 0 Å². The predicted molar refractivity (Wildman–Crippen MR) is 75.0 cm³/mol. The van der Waals surface area contributed by atoms with Crippen molar-refractivity contribution in [1.82, 2.24) is 0 Å². The summed E-state index contributed by atoms with van der Waals surface area (Å²) < 4.78 is 5.54. The Labute approximate surface area is 107 Å². The van der Waals surface area contributed by atoms with E-state index in [2.05, 4.69) is 13.0 Å². The molecule has 0 bridgehead atoms. The second kappa shape index (κ2) is 4.81. The first-order valence-corrected chi connectivity index (χ1v) is 6.28. The molecule has 0 aliphatic carbocycles. The monoisotopic (exact) mass is 242 g/mol. The maximum atomic E-state index is 12.1. The van der Waals surface area contributed by atoms with Gasteiger partial charge in [0.1, 0.15) is 5.58 Å². The van der Waals surface area contributed by atoms with Crippen LogP contribution in [0.2, 0.25) is 0 Å². The first-order valence-electron chi connectivity index (χ1n) is 6.28. The number of benzene rings is 1. The minimum Gasteiger partial charge on any atom is -0.464 e. The highest BCUT2D eigenvalue weighted by atomic mass is 16.3. The van der Waals surface area contributed by atoms with E-state index in [-0.39, 0.29) is 5.78 Å². The smallest absolute Gasteiger partial charge is 0.166 e. The third-order valence-corrected chi connectivity index (χ3v) is 3.46. The SMILES string of the molecule is CC=Cc1c(C)c(C)c(C(=O)CC)c2occc12. The standard InChI is InChI=1S/C16H18O2/c1-5-7-12-10(3)11(4)15(14(17)6-2)16-13(12)8-9-18-16/h5,7-9H,6H2,1-4H3. The van der Waals surface area contributed by atoms with Crippen LogP contribution in [0.3, 0.4) is 0 Å². The van der Waals surface area contributed by atoms with Gasteiger partial charge in [0.05, 0.1) is 11.8 Å². The second-order valence-electron chi connectivity index (χ2n) is 4.48. The Morgan fingerprint density at radius 1 is 1.33 bits per heavy atom. The lowest BCUT2D eigenvalue weighted by Crippen LogP contribution is -2.03. The predicted octanol–water partition coefficient (Wildman–Crippen LogP) is 4.68. The van der Waals surface area contributed by atoms with Crippen LogP contribution in [0.15, 0.2) is 22.8 Å². The zero-order valence-electron chi connectivity index (χ0n) is 11.3. The Morgan fingerprint density at radius 2 is 2.06 bits per heavy atom. The molecule has 0 radical (unpaired) electrons. The number of rotatable bonds is 3. The average molecular weight is 242 g/mol. The van der Waals surface area contributed by atoms with E-state index in [1.165, 1.54) is 0 Å². The number of Topliss-reactive ketones (excluding diaryl/α,β-unsaturated/α-hetero) is 1. The summed E-state index contributed by atoms with van der Waals surface area (Å²) in [5, 5.41) is 1.02. The molecule has 0 N–H and O–H groups in total. The molecule has 0 saturated heterocycles. The maximum absolute atomic E-state index is 12.1. The highest BCUT2D eigenvalue weighted by Crippen LogP contribution is 2.32. The van der Waals surface area contributed by atoms with E-state index in [9.17, 15) is 4.79 Å². The summed E-state index contributed by atoms with van der Waals surface area (Å²) in [4.78, 5) is 12.1. The number of ketones is 1.